The van der Waals surface area contributed by atoms with E-state index >= 15 is 0 Å². The lowest BCUT2D eigenvalue weighted by atomic mass is 10.2. The van der Waals surface area contributed by atoms with Crippen molar-refractivity contribution in [3.05, 3.63) is 0 Å². The van der Waals surface area contributed by atoms with E-state index < -0.39 is 16.1 Å². The molecule has 94 valence electrons. The molecule has 0 saturated heterocycles. The minimum atomic E-state index is -3.30. The molecule has 1 fully saturated rings. The smallest absolute Gasteiger partial charge is 0.215 e. The largest absolute Gasteiger partial charge is 0.386 e. The maximum Gasteiger partial charge on any atom is 0.215 e. The minimum Gasteiger partial charge on any atom is -0.386 e. The highest BCUT2D eigenvalue weighted by atomic mass is 32.2. The van der Waals surface area contributed by atoms with Crippen LogP contribution in [0.2, 0.25) is 0 Å². The Morgan fingerprint density at radius 3 is 2.50 bits per heavy atom. The summed E-state index contributed by atoms with van der Waals surface area (Å²) in [5.74, 6) is -0.0941. The van der Waals surface area contributed by atoms with E-state index in [0.29, 0.717) is 6.42 Å². The van der Waals surface area contributed by atoms with Crippen LogP contribution in [0.1, 0.15) is 45.4 Å². The average Bonchev–Trinajstić information content (AvgIpc) is 2.69. The molecule has 1 saturated carbocycles. The van der Waals surface area contributed by atoms with Crippen LogP contribution in [0.5, 0.6) is 0 Å². The first-order valence-electron chi connectivity index (χ1n) is 5.82. The summed E-state index contributed by atoms with van der Waals surface area (Å²) in [4.78, 5) is 0. The van der Waals surface area contributed by atoms with Gasteiger partial charge in [0.1, 0.15) is 5.84 Å². The van der Waals surface area contributed by atoms with Crippen LogP contribution >= 0.6 is 0 Å². The molecule has 1 unspecified atom stereocenters. The summed E-state index contributed by atoms with van der Waals surface area (Å²) in [6.07, 6.45) is 4.80. The second kappa shape index (κ2) is 5.63. The van der Waals surface area contributed by atoms with Gasteiger partial charge in [0.25, 0.3) is 0 Å². The van der Waals surface area contributed by atoms with Gasteiger partial charge >= 0.3 is 0 Å². The number of sulfonamides is 1. The van der Waals surface area contributed by atoms with E-state index in [2.05, 4.69) is 4.72 Å². The van der Waals surface area contributed by atoms with Gasteiger partial charge in [-0.15, -0.1) is 0 Å². The normalized spacial score (nSPS) is 19.8. The molecule has 1 aliphatic rings. The molecular formula is C10H21N3O2S. The number of nitrogens with two attached hydrogens (primary N) is 1. The summed E-state index contributed by atoms with van der Waals surface area (Å²) in [5, 5.41) is 7.07. The molecule has 0 radical (unpaired) electrons. The molecule has 4 N–H and O–H groups in total. The van der Waals surface area contributed by atoms with Gasteiger partial charge in [0.2, 0.25) is 10.0 Å². The highest BCUT2D eigenvalue weighted by Crippen LogP contribution is 2.24. The molecule has 1 rings (SSSR count). The van der Waals surface area contributed by atoms with Crippen LogP contribution in [0, 0.1) is 5.41 Å². The van der Waals surface area contributed by atoms with Crippen molar-refractivity contribution < 1.29 is 8.42 Å². The Bertz CT molecular complexity index is 334. The molecule has 1 aliphatic carbocycles. The van der Waals surface area contributed by atoms with E-state index in [9.17, 15) is 8.42 Å². The van der Waals surface area contributed by atoms with E-state index in [1.165, 1.54) is 0 Å². The number of hydrogen-bond acceptors (Lipinski definition) is 3. The number of nitrogens with one attached hydrogen (secondary N) is 2. The van der Waals surface area contributed by atoms with Crippen molar-refractivity contribution >= 4 is 15.9 Å². The first kappa shape index (κ1) is 13.4. The maximum atomic E-state index is 12.0. The Morgan fingerprint density at radius 2 is 2.06 bits per heavy atom. The first-order valence-corrected chi connectivity index (χ1v) is 7.37. The van der Waals surface area contributed by atoms with E-state index in [1.54, 1.807) is 0 Å². The monoisotopic (exact) mass is 247 g/mol. The van der Waals surface area contributed by atoms with Crippen molar-refractivity contribution in [1.82, 2.24) is 4.72 Å². The van der Waals surface area contributed by atoms with E-state index in [1.807, 2.05) is 6.92 Å². The van der Waals surface area contributed by atoms with Gasteiger partial charge in [-0.2, -0.15) is 0 Å². The van der Waals surface area contributed by atoms with Gasteiger partial charge in [0, 0.05) is 0 Å². The summed E-state index contributed by atoms with van der Waals surface area (Å²) in [6, 6.07) is -0.532. The fraction of sp³-hybridized carbons (Fsp3) is 0.900. The summed E-state index contributed by atoms with van der Waals surface area (Å²) in [6.45, 7) is 1.94. The van der Waals surface area contributed by atoms with Crippen molar-refractivity contribution in [2.24, 2.45) is 5.73 Å². The predicted molar refractivity (Wildman–Crippen MR) is 64.9 cm³/mol. The minimum absolute atomic E-state index is 0.0941. The van der Waals surface area contributed by atoms with Gasteiger partial charge in [-0.3, -0.25) is 5.41 Å². The van der Waals surface area contributed by atoms with Crippen LogP contribution in [0.15, 0.2) is 0 Å². The molecule has 0 amide bonds. The van der Waals surface area contributed by atoms with E-state index in [4.69, 9.17) is 11.1 Å². The Kier molecular flexibility index (Phi) is 4.73. The first-order chi connectivity index (χ1) is 7.47. The predicted octanol–water partition coefficient (Wildman–Crippen LogP) is 0.953. The third-order valence-corrected chi connectivity index (χ3v) is 4.96. The van der Waals surface area contributed by atoms with Gasteiger partial charge in [0.15, 0.2) is 0 Å². The van der Waals surface area contributed by atoms with Gasteiger partial charge in [-0.1, -0.05) is 26.2 Å². The molecule has 0 spiro atoms. The van der Waals surface area contributed by atoms with E-state index in [-0.39, 0.29) is 11.1 Å². The molecule has 0 bridgehead atoms. The highest BCUT2D eigenvalue weighted by molar-refractivity contribution is 7.90. The number of rotatable bonds is 6. The third kappa shape index (κ3) is 3.45. The standard InChI is InChI=1S/C10H21N3O2S/c1-2-5-9(10(11)12)13-16(14,15)8-6-3-4-7-8/h8-9,13H,2-7H2,1H3,(H3,11,12). The van der Waals surface area contributed by atoms with Crippen LogP contribution < -0.4 is 10.5 Å². The summed E-state index contributed by atoms with van der Waals surface area (Å²) < 4.78 is 26.5. The summed E-state index contributed by atoms with van der Waals surface area (Å²) in [5.41, 5.74) is 5.38. The molecule has 16 heavy (non-hydrogen) atoms. The summed E-state index contributed by atoms with van der Waals surface area (Å²) >= 11 is 0. The molecule has 0 aromatic heterocycles. The lowest BCUT2D eigenvalue weighted by Crippen LogP contribution is -2.46. The van der Waals surface area contributed by atoms with Crippen molar-refractivity contribution in [3.8, 4) is 0 Å². The lowest BCUT2D eigenvalue weighted by Gasteiger charge is -2.19. The van der Waals surface area contributed by atoms with Gasteiger partial charge < -0.3 is 5.73 Å². The second-order valence-electron chi connectivity index (χ2n) is 4.37. The Morgan fingerprint density at radius 1 is 1.50 bits per heavy atom. The van der Waals surface area contributed by atoms with Gasteiger partial charge in [-0.25, -0.2) is 13.1 Å². The quantitative estimate of drug-likeness (QED) is 0.481. The van der Waals surface area contributed by atoms with Crippen molar-refractivity contribution in [2.75, 3.05) is 0 Å². The Hall–Kier alpha value is -0.620. The zero-order valence-corrected chi connectivity index (χ0v) is 10.5. The van der Waals surface area contributed by atoms with Crippen LogP contribution in [-0.2, 0) is 10.0 Å². The molecule has 0 aromatic carbocycles. The molecule has 6 heteroatoms. The lowest BCUT2D eigenvalue weighted by molar-refractivity contribution is 0.550. The van der Waals surface area contributed by atoms with E-state index in [0.717, 1.165) is 32.1 Å². The summed E-state index contributed by atoms with van der Waals surface area (Å²) in [7, 11) is -3.30. The van der Waals surface area contributed by atoms with Gasteiger partial charge in [0.05, 0.1) is 11.3 Å². The SMILES string of the molecule is CCCC(NS(=O)(=O)C1CCCC1)C(=N)N. The third-order valence-electron chi connectivity index (χ3n) is 3.00. The average molecular weight is 247 g/mol. The molecule has 0 heterocycles. The molecule has 0 aliphatic heterocycles. The zero-order chi connectivity index (χ0) is 12.2. The van der Waals surface area contributed by atoms with Crippen LogP contribution in [0.3, 0.4) is 0 Å². The number of hydrogen-bond donors (Lipinski definition) is 3. The Balaban J connectivity index is 2.65. The van der Waals surface area contributed by atoms with Crippen molar-refractivity contribution in [3.63, 3.8) is 0 Å². The van der Waals surface area contributed by atoms with Crippen LogP contribution in [0.4, 0.5) is 0 Å². The fourth-order valence-corrected chi connectivity index (χ4v) is 3.85. The number of amidine groups is 1. The fourth-order valence-electron chi connectivity index (χ4n) is 2.06. The molecule has 0 aromatic rings. The molecular weight excluding hydrogens is 226 g/mol. The molecule has 5 nitrogen and oxygen atoms in total. The Labute approximate surface area is 97.4 Å². The van der Waals surface area contributed by atoms with Crippen molar-refractivity contribution in [2.45, 2.75) is 56.7 Å². The topological polar surface area (TPSA) is 96.0 Å². The maximum absolute atomic E-state index is 12.0. The van der Waals surface area contributed by atoms with Crippen LogP contribution in [0.25, 0.3) is 0 Å². The van der Waals surface area contributed by atoms with Crippen molar-refractivity contribution in [1.29, 1.82) is 5.41 Å². The molecule has 1 atom stereocenters. The second-order valence-corrected chi connectivity index (χ2v) is 6.36. The van der Waals surface area contributed by atoms with Gasteiger partial charge in [-0.05, 0) is 19.3 Å². The highest BCUT2D eigenvalue weighted by Gasteiger charge is 2.31. The zero-order valence-electron chi connectivity index (χ0n) is 9.70. The van der Waals surface area contributed by atoms with Crippen LogP contribution in [-0.4, -0.2) is 25.5 Å².